The maximum atomic E-state index is 13.5. The topological polar surface area (TPSA) is 64.4 Å². The summed E-state index contributed by atoms with van der Waals surface area (Å²) in [4.78, 5) is 4.67. The van der Waals surface area contributed by atoms with Gasteiger partial charge in [0.1, 0.15) is 0 Å². The Bertz CT molecular complexity index is 1270. The summed E-state index contributed by atoms with van der Waals surface area (Å²) in [6, 6.07) is 8.26. The fourth-order valence-corrected chi connectivity index (χ4v) is 5.22. The van der Waals surface area contributed by atoms with E-state index in [4.69, 9.17) is 16.3 Å². The second kappa shape index (κ2) is 8.66. The highest BCUT2D eigenvalue weighted by molar-refractivity contribution is 7.89. The molecule has 0 spiro atoms. The Morgan fingerprint density at radius 2 is 1.90 bits per heavy atom. The van der Waals surface area contributed by atoms with Crippen molar-refractivity contribution in [3.05, 3.63) is 59.4 Å². The average molecular weight is 468 g/mol. The van der Waals surface area contributed by atoms with Crippen LogP contribution < -0.4 is 0 Å². The number of aryl methyl sites for hydroxylation is 1. The van der Waals surface area contributed by atoms with Crippen molar-refractivity contribution < 1.29 is 21.9 Å². The molecule has 1 aliphatic rings. The zero-order chi connectivity index (χ0) is 22.2. The highest BCUT2D eigenvalue weighted by Gasteiger charge is 2.27. The van der Waals surface area contributed by atoms with Gasteiger partial charge in [-0.05, 0) is 48.9 Å². The molecule has 1 aliphatic heterocycles. The number of halogens is 3. The van der Waals surface area contributed by atoms with E-state index in [2.05, 4.69) is 4.98 Å². The third-order valence-electron chi connectivity index (χ3n) is 5.09. The van der Waals surface area contributed by atoms with Crippen LogP contribution in [0.3, 0.4) is 0 Å². The van der Waals surface area contributed by atoms with Gasteiger partial charge in [-0.2, -0.15) is 4.31 Å². The predicted molar refractivity (Wildman–Crippen MR) is 115 cm³/mol. The zero-order valence-corrected chi connectivity index (χ0v) is 18.3. The number of benzene rings is 2. The number of morpholine rings is 1. The summed E-state index contributed by atoms with van der Waals surface area (Å²) in [5, 5.41) is 0.224. The van der Waals surface area contributed by atoms with Gasteiger partial charge in [-0.15, -0.1) is 0 Å². The number of ether oxygens (including phenoxy) is 1. The first-order chi connectivity index (χ1) is 14.8. The van der Waals surface area contributed by atoms with Gasteiger partial charge < -0.3 is 9.30 Å². The molecule has 0 bridgehead atoms. The molecule has 0 saturated carbocycles. The first-order valence-corrected chi connectivity index (χ1v) is 11.5. The molecule has 10 heteroatoms. The van der Waals surface area contributed by atoms with E-state index < -0.39 is 21.7 Å². The van der Waals surface area contributed by atoms with Gasteiger partial charge in [-0.3, -0.25) is 0 Å². The fourth-order valence-electron chi connectivity index (χ4n) is 3.52. The Labute approximate surface area is 183 Å². The number of rotatable bonds is 5. The van der Waals surface area contributed by atoms with Gasteiger partial charge in [-0.25, -0.2) is 22.2 Å². The third-order valence-corrected chi connectivity index (χ3v) is 7.27. The molecule has 1 saturated heterocycles. The molecule has 0 unspecified atom stereocenters. The summed E-state index contributed by atoms with van der Waals surface area (Å²) < 4.78 is 61.1. The SMILES string of the molecule is CCn1c(/C(Cl)=C/c2ccc(F)c(F)c2)nc2cc(S(=O)(=O)N3CCOCC3)ccc21. The van der Waals surface area contributed by atoms with E-state index >= 15 is 0 Å². The predicted octanol–water partition coefficient (Wildman–Crippen LogP) is 4.09. The van der Waals surface area contributed by atoms with Crippen molar-refractivity contribution in [1.29, 1.82) is 0 Å². The number of fused-ring (bicyclic) bond motifs is 1. The largest absolute Gasteiger partial charge is 0.379 e. The Hall–Kier alpha value is -2.33. The van der Waals surface area contributed by atoms with Crippen molar-refractivity contribution in [1.82, 2.24) is 13.9 Å². The van der Waals surface area contributed by atoms with Crippen LogP contribution in [0.15, 0.2) is 41.3 Å². The summed E-state index contributed by atoms with van der Waals surface area (Å²) >= 11 is 6.46. The number of hydrogen-bond acceptors (Lipinski definition) is 4. The minimum absolute atomic E-state index is 0.148. The lowest BCUT2D eigenvalue weighted by Crippen LogP contribution is -2.40. The maximum absolute atomic E-state index is 13.5. The van der Waals surface area contributed by atoms with Crippen LogP contribution in [0.1, 0.15) is 18.3 Å². The van der Waals surface area contributed by atoms with E-state index in [0.717, 1.165) is 17.6 Å². The van der Waals surface area contributed by atoms with Crippen molar-refractivity contribution >= 4 is 43.8 Å². The summed E-state index contributed by atoms with van der Waals surface area (Å²) in [6.45, 7) is 3.77. The normalized spacial score (nSPS) is 16.2. The summed E-state index contributed by atoms with van der Waals surface area (Å²) in [5.74, 6) is -1.51. The third kappa shape index (κ3) is 4.23. The van der Waals surface area contributed by atoms with Crippen LogP contribution in [0.2, 0.25) is 0 Å². The number of imidazole rings is 1. The molecule has 3 aromatic rings. The van der Waals surface area contributed by atoms with Gasteiger partial charge in [0.05, 0.1) is 34.2 Å². The molecule has 1 aromatic heterocycles. The molecule has 0 aliphatic carbocycles. The van der Waals surface area contributed by atoms with Crippen LogP contribution >= 0.6 is 11.6 Å². The van der Waals surface area contributed by atoms with Crippen molar-refractivity contribution in [2.75, 3.05) is 26.3 Å². The molecule has 0 atom stereocenters. The van der Waals surface area contributed by atoms with Gasteiger partial charge in [0, 0.05) is 19.6 Å². The molecule has 2 heterocycles. The second-order valence-electron chi connectivity index (χ2n) is 7.01. The Morgan fingerprint density at radius 1 is 1.16 bits per heavy atom. The molecule has 0 amide bonds. The average Bonchev–Trinajstić information content (AvgIpc) is 3.15. The second-order valence-corrected chi connectivity index (χ2v) is 9.36. The number of sulfonamides is 1. The maximum Gasteiger partial charge on any atom is 0.243 e. The minimum Gasteiger partial charge on any atom is -0.379 e. The lowest BCUT2D eigenvalue weighted by Gasteiger charge is -2.26. The van der Waals surface area contributed by atoms with Crippen LogP contribution in [-0.2, 0) is 21.3 Å². The standard InChI is InChI=1S/C21H20ClF2N3O3S/c1-2-27-20-6-4-15(31(28,29)26-7-9-30-10-8-26)13-19(20)25-21(27)16(22)11-14-3-5-17(23)18(24)12-14/h3-6,11-13H,2,7-10H2,1H3/b16-11-. The fraction of sp³-hybridized carbons (Fsp3) is 0.286. The van der Waals surface area contributed by atoms with E-state index in [1.54, 1.807) is 12.1 Å². The van der Waals surface area contributed by atoms with Gasteiger partial charge >= 0.3 is 0 Å². The van der Waals surface area contributed by atoms with Gasteiger partial charge in [-0.1, -0.05) is 17.7 Å². The minimum atomic E-state index is -3.66. The van der Waals surface area contributed by atoms with E-state index in [9.17, 15) is 17.2 Å². The van der Waals surface area contributed by atoms with Crippen molar-refractivity contribution in [3.8, 4) is 0 Å². The number of nitrogens with zero attached hydrogens (tertiary/aromatic N) is 3. The summed E-state index contributed by atoms with van der Waals surface area (Å²) in [5.41, 5.74) is 1.58. The molecule has 164 valence electrons. The number of hydrogen-bond donors (Lipinski definition) is 0. The molecule has 0 N–H and O–H groups in total. The first-order valence-electron chi connectivity index (χ1n) is 9.72. The van der Waals surface area contributed by atoms with Gasteiger partial charge in [0.15, 0.2) is 17.5 Å². The van der Waals surface area contributed by atoms with E-state index in [1.807, 2.05) is 11.5 Å². The summed E-state index contributed by atoms with van der Waals surface area (Å²) in [7, 11) is -3.66. The molecule has 4 rings (SSSR count). The van der Waals surface area contributed by atoms with Crippen molar-refractivity contribution in [2.45, 2.75) is 18.4 Å². The molecular weight excluding hydrogens is 448 g/mol. The van der Waals surface area contributed by atoms with Gasteiger partial charge in [0.2, 0.25) is 10.0 Å². The number of aromatic nitrogens is 2. The smallest absolute Gasteiger partial charge is 0.243 e. The molecule has 1 fully saturated rings. The van der Waals surface area contributed by atoms with E-state index in [0.29, 0.717) is 49.8 Å². The van der Waals surface area contributed by atoms with E-state index in [-0.39, 0.29) is 9.93 Å². The van der Waals surface area contributed by atoms with E-state index in [1.165, 1.54) is 22.5 Å². The van der Waals surface area contributed by atoms with Crippen molar-refractivity contribution in [2.24, 2.45) is 0 Å². The molecule has 6 nitrogen and oxygen atoms in total. The van der Waals surface area contributed by atoms with Crippen LogP contribution in [0.5, 0.6) is 0 Å². The Morgan fingerprint density at radius 3 is 2.58 bits per heavy atom. The molecule has 31 heavy (non-hydrogen) atoms. The lowest BCUT2D eigenvalue weighted by atomic mass is 10.2. The zero-order valence-electron chi connectivity index (χ0n) is 16.7. The highest BCUT2D eigenvalue weighted by atomic mass is 35.5. The quantitative estimate of drug-likeness (QED) is 0.567. The van der Waals surface area contributed by atoms with Gasteiger partial charge in [0.25, 0.3) is 0 Å². The van der Waals surface area contributed by atoms with Crippen LogP contribution in [0, 0.1) is 11.6 Å². The monoisotopic (exact) mass is 467 g/mol. The molecule has 2 aromatic carbocycles. The summed E-state index contributed by atoms with van der Waals surface area (Å²) in [6.07, 6.45) is 1.49. The lowest BCUT2D eigenvalue weighted by molar-refractivity contribution is 0.0730. The van der Waals surface area contributed by atoms with Crippen LogP contribution in [0.25, 0.3) is 22.1 Å². The molecular formula is C21H20ClF2N3O3S. The van der Waals surface area contributed by atoms with Crippen LogP contribution in [-0.4, -0.2) is 48.6 Å². The molecule has 0 radical (unpaired) electrons. The van der Waals surface area contributed by atoms with Crippen LogP contribution in [0.4, 0.5) is 8.78 Å². The highest BCUT2D eigenvalue weighted by Crippen LogP contribution is 2.29. The Balaban J connectivity index is 1.75. The Kier molecular flexibility index (Phi) is 6.11. The van der Waals surface area contributed by atoms with Crippen molar-refractivity contribution in [3.63, 3.8) is 0 Å². The first kappa shape index (κ1) is 21.9.